The minimum Gasteiger partial charge on any atom is -0.321 e. The topological polar surface area (TPSA) is 46.4 Å². The van der Waals surface area contributed by atoms with E-state index in [0.717, 1.165) is 12.1 Å². The van der Waals surface area contributed by atoms with Crippen LogP contribution in [0.15, 0.2) is 42.6 Å². The molecular weight excluding hydrogens is 343 g/mol. The first kappa shape index (κ1) is 16.3. The summed E-state index contributed by atoms with van der Waals surface area (Å²) >= 11 is 5.94. The lowest BCUT2D eigenvalue weighted by atomic mass is 10.2. The number of hydrogen-bond acceptors (Lipinski definition) is 2. The van der Waals surface area contributed by atoms with E-state index in [1.54, 1.807) is 25.3 Å². The Morgan fingerprint density at radius 3 is 2.46 bits per heavy atom. The zero-order valence-electron chi connectivity index (χ0n) is 12.4. The van der Waals surface area contributed by atoms with Crippen LogP contribution in [-0.2, 0) is 6.18 Å². The van der Waals surface area contributed by atoms with Crippen LogP contribution in [-0.4, -0.2) is 15.3 Å². The number of hydrogen-bond donors (Lipinski definition) is 1. The number of imidazole rings is 1. The molecule has 3 rings (SSSR count). The van der Waals surface area contributed by atoms with Gasteiger partial charge in [0.15, 0.2) is 0 Å². The van der Waals surface area contributed by atoms with Gasteiger partial charge in [-0.15, -0.1) is 0 Å². The minimum atomic E-state index is -4.42. The zero-order chi connectivity index (χ0) is 17.5. The second-order valence-corrected chi connectivity index (χ2v) is 5.59. The average Bonchev–Trinajstić information content (AvgIpc) is 2.82. The van der Waals surface area contributed by atoms with Gasteiger partial charge in [0.2, 0.25) is 0 Å². The molecule has 0 saturated heterocycles. The molecule has 0 aliphatic heterocycles. The first-order valence-electron chi connectivity index (χ1n) is 6.88. The second kappa shape index (κ2) is 5.83. The van der Waals surface area contributed by atoms with E-state index in [1.807, 2.05) is 0 Å². The van der Waals surface area contributed by atoms with Crippen molar-refractivity contribution in [1.82, 2.24) is 9.38 Å². The number of aryl methyl sites for hydroxylation is 1. The number of nitrogens with zero attached hydrogens (tertiary/aromatic N) is 2. The Labute approximate surface area is 139 Å². The Morgan fingerprint density at radius 2 is 1.83 bits per heavy atom. The van der Waals surface area contributed by atoms with Crippen molar-refractivity contribution in [1.29, 1.82) is 0 Å². The van der Waals surface area contributed by atoms with Gasteiger partial charge in [-0.25, -0.2) is 4.98 Å². The van der Waals surface area contributed by atoms with Crippen molar-refractivity contribution in [3.63, 3.8) is 0 Å². The van der Waals surface area contributed by atoms with Crippen LogP contribution < -0.4 is 5.32 Å². The highest BCUT2D eigenvalue weighted by atomic mass is 35.5. The average molecular weight is 354 g/mol. The molecule has 0 radical (unpaired) electrons. The van der Waals surface area contributed by atoms with Gasteiger partial charge >= 0.3 is 6.18 Å². The number of nitrogens with one attached hydrogen (secondary N) is 1. The van der Waals surface area contributed by atoms with Crippen LogP contribution in [0.2, 0.25) is 5.02 Å². The molecule has 24 heavy (non-hydrogen) atoms. The summed E-state index contributed by atoms with van der Waals surface area (Å²) in [6, 6.07) is 7.55. The van der Waals surface area contributed by atoms with Crippen LogP contribution in [0.1, 0.15) is 21.7 Å². The number of fused-ring (bicyclic) bond motifs is 1. The van der Waals surface area contributed by atoms with E-state index in [2.05, 4.69) is 10.3 Å². The number of benzene rings is 1. The van der Waals surface area contributed by atoms with Gasteiger partial charge in [-0.05, 0) is 43.3 Å². The third kappa shape index (κ3) is 3.07. The van der Waals surface area contributed by atoms with E-state index in [9.17, 15) is 18.0 Å². The highest BCUT2D eigenvalue weighted by molar-refractivity contribution is 6.30. The molecule has 1 N–H and O–H groups in total. The van der Waals surface area contributed by atoms with Crippen molar-refractivity contribution >= 4 is 28.8 Å². The molecule has 0 bridgehead atoms. The summed E-state index contributed by atoms with van der Waals surface area (Å²) in [4.78, 5) is 16.7. The van der Waals surface area contributed by atoms with E-state index >= 15 is 0 Å². The van der Waals surface area contributed by atoms with Crippen LogP contribution >= 0.6 is 11.6 Å². The molecule has 0 saturated carbocycles. The van der Waals surface area contributed by atoms with E-state index < -0.39 is 17.6 Å². The summed E-state index contributed by atoms with van der Waals surface area (Å²) in [6.07, 6.45) is -2.86. The summed E-state index contributed by atoms with van der Waals surface area (Å²) in [7, 11) is 0. The molecule has 3 aromatic rings. The fourth-order valence-corrected chi connectivity index (χ4v) is 2.50. The van der Waals surface area contributed by atoms with Gasteiger partial charge < -0.3 is 5.32 Å². The third-order valence-corrected chi connectivity index (χ3v) is 3.67. The van der Waals surface area contributed by atoms with Crippen LogP contribution in [0.5, 0.6) is 0 Å². The summed E-state index contributed by atoms with van der Waals surface area (Å²) in [5.41, 5.74) is 0.784. The molecule has 0 aliphatic carbocycles. The second-order valence-electron chi connectivity index (χ2n) is 5.15. The smallest absolute Gasteiger partial charge is 0.321 e. The van der Waals surface area contributed by atoms with Gasteiger partial charge in [0, 0.05) is 11.9 Å². The Balaban J connectivity index is 1.90. The molecule has 124 valence electrons. The number of anilines is 1. The zero-order valence-corrected chi connectivity index (χ0v) is 13.1. The predicted molar refractivity (Wildman–Crippen MR) is 84.3 cm³/mol. The van der Waals surface area contributed by atoms with Gasteiger partial charge in [-0.3, -0.25) is 9.20 Å². The Morgan fingerprint density at radius 1 is 1.17 bits per heavy atom. The van der Waals surface area contributed by atoms with Gasteiger partial charge in [0.05, 0.1) is 16.3 Å². The third-order valence-electron chi connectivity index (χ3n) is 3.44. The number of aromatic nitrogens is 2. The first-order valence-corrected chi connectivity index (χ1v) is 7.26. The summed E-state index contributed by atoms with van der Waals surface area (Å²) < 4.78 is 39.2. The molecule has 0 aliphatic rings. The number of amides is 1. The number of carbonyl (C=O) groups is 1. The molecule has 0 fully saturated rings. The van der Waals surface area contributed by atoms with Crippen LogP contribution in [0.3, 0.4) is 0 Å². The molecule has 2 heterocycles. The molecule has 4 nitrogen and oxygen atoms in total. The van der Waals surface area contributed by atoms with Gasteiger partial charge in [-0.1, -0.05) is 11.6 Å². The molecule has 8 heteroatoms. The van der Waals surface area contributed by atoms with E-state index in [0.29, 0.717) is 16.4 Å². The summed E-state index contributed by atoms with van der Waals surface area (Å²) in [5.74, 6) is -0.484. The number of pyridine rings is 1. The van der Waals surface area contributed by atoms with Crippen molar-refractivity contribution in [2.75, 3.05) is 5.32 Å². The Kier molecular flexibility index (Phi) is 3.96. The van der Waals surface area contributed by atoms with E-state index in [4.69, 9.17) is 11.6 Å². The summed E-state index contributed by atoms with van der Waals surface area (Å²) in [5, 5.41) is 3.00. The summed E-state index contributed by atoms with van der Waals surface area (Å²) in [6.45, 7) is 1.67. The maximum absolute atomic E-state index is 12.6. The predicted octanol–water partition coefficient (Wildman–Crippen LogP) is 4.57. The fourth-order valence-electron chi connectivity index (χ4n) is 2.34. The molecule has 1 aromatic carbocycles. The van der Waals surface area contributed by atoms with Crippen molar-refractivity contribution in [3.05, 3.63) is 64.6 Å². The van der Waals surface area contributed by atoms with Gasteiger partial charge in [0.1, 0.15) is 11.3 Å². The minimum absolute atomic E-state index is 0.254. The molecular formula is C16H11ClF3N3O. The standard InChI is InChI=1S/C16H11ClF3N3O/c1-9-14(23-8-11(17)4-7-13(23)21-9)15(24)22-12-5-2-10(3-6-12)16(18,19)20/h2-8H,1H3,(H,22,24). The van der Waals surface area contributed by atoms with Crippen molar-refractivity contribution in [2.45, 2.75) is 13.1 Å². The molecule has 2 aromatic heterocycles. The maximum atomic E-state index is 12.6. The maximum Gasteiger partial charge on any atom is 0.416 e. The first-order chi connectivity index (χ1) is 11.3. The Hall–Kier alpha value is -2.54. The van der Waals surface area contributed by atoms with Crippen LogP contribution in [0, 0.1) is 6.92 Å². The highest BCUT2D eigenvalue weighted by Gasteiger charge is 2.30. The molecule has 0 unspecified atom stereocenters. The Bertz CT molecular complexity index is 917. The van der Waals surface area contributed by atoms with Crippen LogP contribution in [0.25, 0.3) is 5.65 Å². The van der Waals surface area contributed by atoms with E-state index in [1.165, 1.54) is 16.5 Å². The molecule has 1 amide bonds. The SMILES string of the molecule is Cc1nc2ccc(Cl)cn2c1C(=O)Nc1ccc(C(F)(F)F)cc1. The molecule has 0 spiro atoms. The largest absolute Gasteiger partial charge is 0.416 e. The molecule has 0 atom stereocenters. The normalized spacial score (nSPS) is 11.7. The van der Waals surface area contributed by atoms with Crippen molar-refractivity contribution in [2.24, 2.45) is 0 Å². The lowest BCUT2D eigenvalue weighted by Crippen LogP contribution is -2.16. The lowest BCUT2D eigenvalue weighted by Gasteiger charge is -2.09. The quantitative estimate of drug-likeness (QED) is 0.733. The van der Waals surface area contributed by atoms with Crippen molar-refractivity contribution < 1.29 is 18.0 Å². The van der Waals surface area contributed by atoms with Gasteiger partial charge in [0.25, 0.3) is 5.91 Å². The number of rotatable bonds is 2. The van der Waals surface area contributed by atoms with E-state index in [-0.39, 0.29) is 11.4 Å². The highest BCUT2D eigenvalue weighted by Crippen LogP contribution is 2.30. The van der Waals surface area contributed by atoms with Gasteiger partial charge in [-0.2, -0.15) is 13.2 Å². The lowest BCUT2D eigenvalue weighted by molar-refractivity contribution is -0.137. The number of alkyl halides is 3. The number of carbonyl (C=O) groups excluding carboxylic acids is 1. The van der Waals surface area contributed by atoms with Crippen LogP contribution in [0.4, 0.5) is 18.9 Å². The number of halogens is 4. The monoisotopic (exact) mass is 353 g/mol. The van der Waals surface area contributed by atoms with Crippen molar-refractivity contribution in [3.8, 4) is 0 Å². The fraction of sp³-hybridized carbons (Fsp3) is 0.125.